The van der Waals surface area contributed by atoms with Crippen LogP contribution in [0.15, 0.2) is 24.4 Å². The summed E-state index contributed by atoms with van der Waals surface area (Å²) in [6.45, 7) is 5.12. The van der Waals surface area contributed by atoms with Gasteiger partial charge in [0.25, 0.3) is 6.43 Å². The molecule has 3 heterocycles. The van der Waals surface area contributed by atoms with Gasteiger partial charge in [0.1, 0.15) is 5.65 Å². The second-order valence-corrected chi connectivity index (χ2v) is 6.24. The number of aromatic nitrogens is 2. The molecule has 24 heavy (non-hydrogen) atoms. The van der Waals surface area contributed by atoms with Gasteiger partial charge in [-0.2, -0.15) is 0 Å². The number of pyridine rings is 1. The lowest BCUT2D eigenvalue weighted by Crippen LogP contribution is -2.48. The minimum absolute atomic E-state index is 0.0107. The summed E-state index contributed by atoms with van der Waals surface area (Å²) in [5, 5.41) is 0.661. The normalized spacial score (nSPS) is 21.6. The molecule has 0 N–H and O–H groups in total. The highest BCUT2D eigenvalue weighted by molar-refractivity contribution is 5.79. The number of ether oxygens (including phenoxy) is 1. The predicted octanol–water partition coefficient (Wildman–Crippen LogP) is 3.00. The van der Waals surface area contributed by atoms with E-state index in [9.17, 15) is 13.6 Å². The molecular weight excluding hydrogens is 316 g/mol. The molecule has 1 fully saturated rings. The third kappa shape index (κ3) is 3.40. The number of hydrogen-bond donors (Lipinski definition) is 0. The third-order valence-electron chi connectivity index (χ3n) is 4.23. The van der Waals surface area contributed by atoms with Crippen LogP contribution >= 0.6 is 0 Å². The van der Waals surface area contributed by atoms with Crippen LogP contribution in [0.25, 0.3) is 11.0 Å². The number of carbonyl (C=O) groups excluding carboxylic acids is 1. The number of amides is 1. The van der Waals surface area contributed by atoms with Crippen molar-refractivity contribution in [3.63, 3.8) is 0 Å². The van der Waals surface area contributed by atoms with Crippen molar-refractivity contribution in [1.29, 1.82) is 0 Å². The number of halogens is 2. The Bertz CT molecular complexity index is 722. The summed E-state index contributed by atoms with van der Waals surface area (Å²) in [7, 11) is 0. The van der Waals surface area contributed by atoms with Crippen molar-refractivity contribution in [2.45, 2.75) is 45.4 Å². The Labute approximate surface area is 139 Å². The smallest absolute Gasteiger partial charge is 0.278 e. The summed E-state index contributed by atoms with van der Waals surface area (Å²) in [6, 6.07) is 4.90. The molecule has 1 aliphatic rings. The fraction of sp³-hybridized carbons (Fsp3) is 0.529. The van der Waals surface area contributed by atoms with Crippen molar-refractivity contribution in [2.75, 3.05) is 13.1 Å². The summed E-state index contributed by atoms with van der Waals surface area (Å²) in [5.41, 5.74) is 0.393. The highest BCUT2D eigenvalue weighted by Crippen LogP contribution is 2.26. The molecule has 130 valence electrons. The summed E-state index contributed by atoms with van der Waals surface area (Å²) in [5.74, 6) is -0.0463. The Morgan fingerprint density at radius 1 is 1.38 bits per heavy atom. The Morgan fingerprint density at radius 2 is 2.08 bits per heavy atom. The van der Waals surface area contributed by atoms with Gasteiger partial charge in [0.2, 0.25) is 5.91 Å². The fourth-order valence-corrected chi connectivity index (χ4v) is 3.27. The zero-order valence-corrected chi connectivity index (χ0v) is 13.8. The number of alkyl halides is 2. The lowest BCUT2D eigenvalue weighted by Gasteiger charge is -2.35. The number of rotatable bonds is 4. The Kier molecular flexibility index (Phi) is 4.80. The highest BCUT2D eigenvalue weighted by atomic mass is 19.3. The maximum absolute atomic E-state index is 13.3. The Morgan fingerprint density at radius 3 is 2.75 bits per heavy atom. The van der Waals surface area contributed by atoms with Gasteiger partial charge in [-0.1, -0.05) is 0 Å². The van der Waals surface area contributed by atoms with Gasteiger partial charge in [-0.3, -0.25) is 4.79 Å². The van der Waals surface area contributed by atoms with Crippen molar-refractivity contribution in [1.82, 2.24) is 14.5 Å². The molecule has 0 saturated carbocycles. The van der Waals surface area contributed by atoms with Crippen molar-refractivity contribution in [2.24, 2.45) is 0 Å². The molecule has 7 heteroatoms. The van der Waals surface area contributed by atoms with Crippen LogP contribution in [0.3, 0.4) is 0 Å². The van der Waals surface area contributed by atoms with Crippen LogP contribution in [-0.2, 0) is 16.1 Å². The van der Waals surface area contributed by atoms with E-state index in [1.165, 1.54) is 10.6 Å². The van der Waals surface area contributed by atoms with Crippen LogP contribution in [0.5, 0.6) is 0 Å². The maximum Gasteiger partial charge on any atom is 0.278 e. The minimum atomic E-state index is -2.60. The molecule has 0 aromatic carbocycles. The van der Waals surface area contributed by atoms with Crippen LogP contribution in [-0.4, -0.2) is 45.7 Å². The Hall–Kier alpha value is -2.02. The van der Waals surface area contributed by atoms with E-state index in [2.05, 4.69) is 4.98 Å². The number of hydrogen-bond acceptors (Lipinski definition) is 3. The molecular formula is C17H21F2N3O2. The van der Waals surface area contributed by atoms with Crippen molar-refractivity contribution < 1.29 is 18.3 Å². The maximum atomic E-state index is 13.3. The van der Waals surface area contributed by atoms with Gasteiger partial charge in [-0.15, -0.1) is 0 Å². The number of aryl methyl sites for hydroxylation is 1. The lowest BCUT2D eigenvalue weighted by atomic mass is 10.2. The van der Waals surface area contributed by atoms with Gasteiger partial charge < -0.3 is 14.2 Å². The summed E-state index contributed by atoms with van der Waals surface area (Å²) < 4.78 is 33.6. The summed E-state index contributed by atoms with van der Waals surface area (Å²) in [4.78, 5) is 18.4. The second-order valence-electron chi connectivity index (χ2n) is 6.24. The average molecular weight is 337 g/mol. The number of nitrogens with zero attached hydrogens (tertiary/aromatic N) is 3. The van der Waals surface area contributed by atoms with Crippen LogP contribution in [0.1, 0.15) is 32.4 Å². The first kappa shape index (κ1) is 16.8. The molecule has 2 aromatic rings. The van der Waals surface area contributed by atoms with E-state index in [0.29, 0.717) is 24.1 Å². The van der Waals surface area contributed by atoms with E-state index in [1.807, 2.05) is 13.8 Å². The molecule has 0 bridgehead atoms. The molecule has 2 aromatic heterocycles. The van der Waals surface area contributed by atoms with Gasteiger partial charge in [-0.05, 0) is 32.0 Å². The zero-order valence-electron chi connectivity index (χ0n) is 13.8. The minimum Gasteiger partial charge on any atom is -0.372 e. The molecule has 0 aliphatic carbocycles. The third-order valence-corrected chi connectivity index (χ3v) is 4.23. The van der Waals surface area contributed by atoms with E-state index in [-0.39, 0.29) is 36.8 Å². The molecule has 0 spiro atoms. The standard InChI is InChI=1S/C17H21F2N3O2/c1-11-9-21(10-12(2)24-11)15(23)5-7-22-14(16(18)19)8-13-4-3-6-20-17(13)22/h3-4,6,8,11-12,16H,5,7,9-10H2,1-2H3/t11-,12-/m0/s1. The van der Waals surface area contributed by atoms with E-state index in [0.717, 1.165) is 0 Å². The van der Waals surface area contributed by atoms with Crippen molar-refractivity contribution in [3.8, 4) is 0 Å². The first-order valence-electron chi connectivity index (χ1n) is 8.11. The number of carbonyl (C=O) groups is 1. The number of morpholine rings is 1. The predicted molar refractivity (Wildman–Crippen MR) is 85.9 cm³/mol. The Balaban J connectivity index is 1.75. The molecule has 1 aliphatic heterocycles. The van der Waals surface area contributed by atoms with E-state index in [1.54, 1.807) is 23.2 Å². The van der Waals surface area contributed by atoms with Gasteiger partial charge in [-0.25, -0.2) is 13.8 Å². The van der Waals surface area contributed by atoms with Crippen LogP contribution in [0.2, 0.25) is 0 Å². The van der Waals surface area contributed by atoms with Crippen molar-refractivity contribution in [3.05, 3.63) is 30.1 Å². The first-order valence-corrected chi connectivity index (χ1v) is 8.11. The van der Waals surface area contributed by atoms with Crippen LogP contribution in [0.4, 0.5) is 8.78 Å². The molecule has 1 saturated heterocycles. The van der Waals surface area contributed by atoms with Gasteiger partial charge in [0.05, 0.1) is 17.9 Å². The fourth-order valence-electron chi connectivity index (χ4n) is 3.27. The quantitative estimate of drug-likeness (QED) is 0.862. The summed E-state index contributed by atoms with van der Waals surface area (Å²) >= 11 is 0. The summed E-state index contributed by atoms with van der Waals surface area (Å²) in [6.07, 6.45) is -0.884. The molecule has 0 radical (unpaired) electrons. The molecule has 1 amide bonds. The SMILES string of the molecule is C[C@H]1CN(C(=O)CCn2c(C(F)F)cc3cccnc32)C[C@H](C)O1. The van der Waals surface area contributed by atoms with E-state index in [4.69, 9.17) is 4.74 Å². The van der Waals surface area contributed by atoms with Crippen LogP contribution in [0, 0.1) is 0 Å². The number of fused-ring (bicyclic) bond motifs is 1. The van der Waals surface area contributed by atoms with E-state index >= 15 is 0 Å². The highest BCUT2D eigenvalue weighted by Gasteiger charge is 2.26. The molecule has 0 unspecified atom stereocenters. The molecule has 5 nitrogen and oxygen atoms in total. The lowest BCUT2D eigenvalue weighted by molar-refractivity contribution is -0.143. The van der Waals surface area contributed by atoms with Crippen LogP contribution < -0.4 is 0 Å². The second kappa shape index (κ2) is 6.84. The monoisotopic (exact) mass is 337 g/mol. The van der Waals surface area contributed by atoms with E-state index < -0.39 is 6.43 Å². The topological polar surface area (TPSA) is 47.4 Å². The van der Waals surface area contributed by atoms with Gasteiger partial charge >= 0.3 is 0 Å². The van der Waals surface area contributed by atoms with Gasteiger partial charge in [0.15, 0.2) is 0 Å². The largest absolute Gasteiger partial charge is 0.372 e. The van der Waals surface area contributed by atoms with Crippen molar-refractivity contribution >= 4 is 16.9 Å². The molecule has 2 atom stereocenters. The zero-order chi connectivity index (χ0) is 17.3. The molecule has 3 rings (SSSR count). The average Bonchev–Trinajstić information content (AvgIpc) is 2.90. The van der Waals surface area contributed by atoms with Gasteiger partial charge in [0, 0.05) is 37.6 Å². The first-order chi connectivity index (χ1) is 11.5.